The van der Waals surface area contributed by atoms with E-state index < -0.39 is 15.9 Å². The molecule has 0 bridgehead atoms. The molecule has 9 heteroatoms. The highest BCUT2D eigenvalue weighted by Crippen LogP contribution is 2.40. The quantitative estimate of drug-likeness (QED) is 0.453. The molecule has 2 aliphatic rings. The molecule has 2 aromatic rings. The molecule has 0 amide bonds. The average Bonchev–Trinajstić information content (AvgIpc) is 3.19. The summed E-state index contributed by atoms with van der Waals surface area (Å²) in [5.74, 6) is -0.209. The predicted octanol–water partition coefficient (Wildman–Crippen LogP) is 2.00. The van der Waals surface area contributed by atoms with E-state index in [1.807, 2.05) is 0 Å². The number of carbonyl (C=O) groups excluding carboxylic acids is 1. The van der Waals surface area contributed by atoms with Crippen LogP contribution in [0.3, 0.4) is 0 Å². The number of aryl methyl sites for hydroxylation is 2. The van der Waals surface area contributed by atoms with Crippen LogP contribution in [0.25, 0.3) is 10.2 Å². The lowest BCUT2D eigenvalue weighted by Crippen LogP contribution is -2.20. The summed E-state index contributed by atoms with van der Waals surface area (Å²) in [6.07, 6.45) is 4.73. The van der Waals surface area contributed by atoms with Crippen LogP contribution in [-0.2, 0) is 32.2 Å². The van der Waals surface area contributed by atoms with Gasteiger partial charge in [-0.2, -0.15) is 0 Å². The second-order valence-electron chi connectivity index (χ2n) is 6.02. The smallest absolute Gasteiger partial charge is 0.316 e. The number of esters is 1. The van der Waals surface area contributed by atoms with Crippen molar-refractivity contribution in [2.45, 2.75) is 36.8 Å². The van der Waals surface area contributed by atoms with Crippen LogP contribution >= 0.6 is 23.1 Å². The largest absolute Gasteiger partial charge is 0.461 e. The summed E-state index contributed by atoms with van der Waals surface area (Å²) in [6, 6.07) is 0. The van der Waals surface area contributed by atoms with Gasteiger partial charge in [0.25, 0.3) is 0 Å². The minimum absolute atomic E-state index is 0.0564. The SMILES string of the molecule is O=C(CSc1ncnc2sc3c(c12)CCC3)O[C@@H]1CCS(=O)(=O)C1. The molecule has 0 radical (unpaired) electrons. The Morgan fingerprint density at radius 2 is 2.25 bits per heavy atom. The van der Waals surface area contributed by atoms with Crippen LogP contribution in [0, 0.1) is 0 Å². The molecule has 24 heavy (non-hydrogen) atoms. The van der Waals surface area contributed by atoms with Crippen molar-refractivity contribution in [1.82, 2.24) is 9.97 Å². The third kappa shape index (κ3) is 3.16. The summed E-state index contributed by atoms with van der Waals surface area (Å²) < 4.78 is 28.1. The highest BCUT2D eigenvalue weighted by molar-refractivity contribution is 8.00. The molecule has 2 aromatic heterocycles. The van der Waals surface area contributed by atoms with Gasteiger partial charge in [-0.05, 0) is 31.2 Å². The number of carbonyl (C=O) groups is 1. The Labute approximate surface area is 147 Å². The maximum absolute atomic E-state index is 12.0. The van der Waals surface area contributed by atoms with Crippen molar-refractivity contribution in [2.75, 3.05) is 17.3 Å². The summed E-state index contributed by atoms with van der Waals surface area (Å²) in [5, 5.41) is 1.90. The Hall–Kier alpha value is -1.19. The first-order valence-corrected chi connectivity index (χ1v) is 11.4. The Morgan fingerprint density at radius 3 is 3.04 bits per heavy atom. The molecule has 0 unspecified atom stereocenters. The molecular formula is C15H16N2O4S3. The Kier molecular flexibility index (Phi) is 4.26. The van der Waals surface area contributed by atoms with E-state index in [4.69, 9.17) is 4.74 Å². The lowest BCUT2D eigenvalue weighted by atomic mass is 10.2. The summed E-state index contributed by atoms with van der Waals surface area (Å²) >= 11 is 3.06. The van der Waals surface area contributed by atoms with Crippen LogP contribution in [0.2, 0.25) is 0 Å². The Bertz CT molecular complexity index is 907. The highest BCUT2D eigenvalue weighted by atomic mass is 32.2. The fraction of sp³-hybridized carbons (Fsp3) is 0.533. The van der Waals surface area contributed by atoms with Crippen molar-refractivity contribution in [3.05, 3.63) is 16.8 Å². The van der Waals surface area contributed by atoms with Gasteiger partial charge in [0.1, 0.15) is 22.3 Å². The number of thiophene rings is 1. The van der Waals surface area contributed by atoms with Crippen LogP contribution in [0.4, 0.5) is 0 Å². The topological polar surface area (TPSA) is 86.2 Å². The van der Waals surface area contributed by atoms with E-state index in [1.54, 1.807) is 11.3 Å². The van der Waals surface area contributed by atoms with Crippen molar-refractivity contribution >= 4 is 49.1 Å². The number of hydrogen-bond acceptors (Lipinski definition) is 8. The van der Waals surface area contributed by atoms with Gasteiger partial charge in [0.2, 0.25) is 0 Å². The minimum atomic E-state index is -3.04. The third-order valence-electron chi connectivity index (χ3n) is 4.28. The second kappa shape index (κ2) is 6.27. The van der Waals surface area contributed by atoms with Crippen molar-refractivity contribution in [2.24, 2.45) is 0 Å². The first-order chi connectivity index (χ1) is 11.5. The van der Waals surface area contributed by atoms with Gasteiger partial charge >= 0.3 is 5.97 Å². The fourth-order valence-corrected chi connectivity index (χ4v) is 6.90. The first-order valence-electron chi connectivity index (χ1n) is 7.80. The van der Waals surface area contributed by atoms with Crippen molar-refractivity contribution in [1.29, 1.82) is 0 Å². The van der Waals surface area contributed by atoms with Gasteiger partial charge in [-0.15, -0.1) is 11.3 Å². The monoisotopic (exact) mass is 384 g/mol. The zero-order valence-electron chi connectivity index (χ0n) is 12.9. The molecule has 0 N–H and O–H groups in total. The van der Waals surface area contributed by atoms with E-state index in [0.29, 0.717) is 6.42 Å². The Balaban J connectivity index is 1.44. The van der Waals surface area contributed by atoms with E-state index in [9.17, 15) is 13.2 Å². The van der Waals surface area contributed by atoms with E-state index in [-0.39, 0.29) is 23.2 Å². The summed E-state index contributed by atoms with van der Waals surface area (Å²) in [7, 11) is -3.04. The van der Waals surface area contributed by atoms with Gasteiger partial charge in [-0.25, -0.2) is 18.4 Å². The molecule has 0 spiro atoms. The molecule has 128 valence electrons. The molecule has 1 aliphatic carbocycles. The summed E-state index contributed by atoms with van der Waals surface area (Å²) in [4.78, 5) is 23.1. The first kappa shape index (κ1) is 16.3. The number of sulfone groups is 1. The second-order valence-corrected chi connectivity index (χ2v) is 10.3. The highest BCUT2D eigenvalue weighted by Gasteiger charge is 2.30. The lowest BCUT2D eigenvalue weighted by molar-refractivity contribution is -0.144. The van der Waals surface area contributed by atoms with Crippen LogP contribution in [0.1, 0.15) is 23.3 Å². The molecule has 3 heterocycles. The number of nitrogens with zero attached hydrogens (tertiary/aromatic N) is 2. The van der Waals surface area contributed by atoms with Crippen LogP contribution in [0.15, 0.2) is 11.4 Å². The molecule has 1 atom stereocenters. The zero-order valence-corrected chi connectivity index (χ0v) is 15.3. The average molecular weight is 385 g/mol. The number of ether oxygens (including phenoxy) is 1. The number of thioether (sulfide) groups is 1. The molecule has 1 fully saturated rings. The summed E-state index contributed by atoms with van der Waals surface area (Å²) in [5.41, 5.74) is 1.33. The fourth-order valence-electron chi connectivity index (χ4n) is 3.21. The van der Waals surface area contributed by atoms with Gasteiger partial charge in [-0.1, -0.05) is 11.8 Å². The van der Waals surface area contributed by atoms with Crippen molar-refractivity contribution in [3.8, 4) is 0 Å². The lowest BCUT2D eigenvalue weighted by Gasteiger charge is -2.10. The number of hydrogen-bond donors (Lipinski definition) is 0. The third-order valence-corrected chi connectivity index (χ3v) is 8.18. The summed E-state index contributed by atoms with van der Waals surface area (Å²) in [6.45, 7) is 0. The molecule has 1 aliphatic heterocycles. The van der Waals surface area contributed by atoms with E-state index in [1.165, 1.54) is 28.5 Å². The van der Waals surface area contributed by atoms with Gasteiger partial charge < -0.3 is 4.74 Å². The van der Waals surface area contributed by atoms with Gasteiger partial charge in [-0.3, -0.25) is 4.79 Å². The van der Waals surface area contributed by atoms with Gasteiger partial charge in [0, 0.05) is 10.3 Å². The molecule has 4 rings (SSSR count). The molecule has 0 saturated carbocycles. The maximum atomic E-state index is 12.0. The molecule has 6 nitrogen and oxygen atoms in total. The Morgan fingerprint density at radius 1 is 1.38 bits per heavy atom. The van der Waals surface area contributed by atoms with E-state index >= 15 is 0 Å². The minimum Gasteiger partial charge on any atom is -0.461 e. The number of fused-ring (bicyclic) bond motifs is 3. The molecule has 0 aromatic carbocycles. The maximum Gasteiger partial charge on any atom is 0.316 e. The van der Waals surface area contributed by atoms with E-state index in [0.717, 1.165) is 34.5 Å². The van der Waals surface area contributed by atoms with Gasteiger partial charge in [0.15, 0.2) is 9.84 Å². The molecular weight excluding hydrogens is 368 g/mol. The van der Waals surface area contributed by atoms with Crippen molar-refractivity contribution in [3.63, 3.8) is 0 Å². The number of rotatable bonds is 4. The van der Waals surface area contributed by atoms with Crippen LogP contribution in [0.5, 0.6) is 0 Å². The normalized spacial score (nSPS) is 21.9. The predicted molar refractivity (Wildman–Crippen MR) is 93.3 cm³/mol. The van der Waals surface area contributed by atoms with E-state index in [2.05, 4.69) is 9.97 Å². The van der Waals surface area contributed by atoms with Gasteiger partial charge in [0.05, 0.1) is 17.3 Å². The standard InChI is InChI=1S/C15H16N2O4S3/c18-12(21-9-4-5-24(19,20)7-9)6-22-14-13-10-2-1-3-11(10)23-15(13)17-8-16-14/h8-9H,1-7H2/t9-/m1/s1. The number of aromatic nitrogens is 2. The van der Waals surface area contributed by atoms with Crippen molar-refractivity contribution < 1.29 is 17.9 Å². The van der Waals surface area contributed by atoms with Crippen LogP contribution in [-0.4, -0.2) is 47.7 Å². The van der Waals surface area contributed by atoms with Crippen LogP contribution < -0.4 is 0 Å². The molecule has 1 saturated heterocycles. The zero-order chi connectivity index (χ0) is 16.7.